The van der Waals surface area contributed by atoms with Crippen LogP contribution in [0.4, 0.5) is 10.1 Å². The van der Waals surface area contributed by atoms with Crippen LogP contribution in [0.15, 0.2) is 23.1 Å². The topological polar surface area (TPSA) is 92.4 Å². The molecule has 0 bridgehead atoms. The van der Waals surface area contributed by atoms with Crippen LogP contribution in [-0.2, 0) is 10.0 Å². The lowest BCUT2D eigenvalue weighted by atomic mass is 9.83. The Bertz CT molecular complexity index is 583. The lowest BCUT2D eigenvalue weighted by Gasteiger charge is -2.36. The van der Waals surface area contributed by atoms with E-state index in [0.717, 1.165) is 31.4 Å². The Morgan fingerprint density at radius 1 is 1.30 bits per heavy atom. The molecule has 0 aliphatic heterocycles. The first-order valence-electron chi connectivity index (χ1n) is 6.58. The quantitative estimate of drug-likeness (QED) is 0.733. The summed E-state index contributed by atoms with van der Waals surface area (Å²) in [5, 5.41) is 9.54. The molecule has 5 nitrogen and oxygen atoms in total. The smallest absolute Gasteiger partial charge is 0.241 e. The minimum atomic E-state index is -3.83. The predicted molar refractivity (Wildman–Crippen MR) is 74.0 cm³/mol. The highest BCUT2D eigenvalue weighted by Crippen LogP contribution is 2.30. The minimum Gasteiger partial charge on any atom is -0.396 e. The number of anilines is 1. The minimum absolute atomic E-state index is 0.0881. The van der Waals surface area contributed by atoms with E-state index in [-0.39, 0.29) is 17.2 Å². The van der Waals surface area contributed by atoms with Crippen molar-refractivity contribution in [2.24, 2.45) is 0 Å². The van der Waals surface area contributed by atoms with Crippen LogP contribution in [0.2, 0.25) is 0 Å². The lowest BCUT2D eigenvalue weighted by molar-refractivity contribution is 0.142. The molecule has 0 saturated heterocycles. The number of nitrogen functional groups attached to an aromatic ring is 1. The van der Waals surface area contributed by atoms with E-state index in [4.69, 9.17) is 5.73 Å². The van der Waals surface area contributed by atoms with Crippen LogP contribution in [0.3, 0.4) is 0 Å². The number of sulfonamides is 1. The van der Waals surface area contributed by atoms with E-state index < -0.39 is 21.4 Å². The molecule has 0 heterocycles. The van der Waals surface area contributed by atoms with Gasteiger partial charge in [-0.05, 0) is 31.0 Å². The van der Waals surface area contributed by atoms with E-state index in [0.29, 0.717) is 12.8 Å². The van der Waals surface area contributed by atoms with Gasteiger partial charge in [0.1, 0.15) is 5.82 Å². The zero-order chi connectivity index (χ0) is 14.8. The predicted octanol–water partition coefficient (Wildman–Crippen LogP) is 1.38. The third-order valence-electron chi connectivity index (χ3n) is 3.74. The van der Waals surface area contributed by atoms with Gasteiger partial charge in [-0.2, -0.15) is 0 Å². The van der Waals surface area contributed by atoms with Crippen molar-refractivity contribution in [3.63, 3.8) is 0 Å². The molecule has 0 amide bonds. The molecule has 1 aliphatic rings. The van der Waals surface area contributed by atoms with E-state index >= 15 is 0 Å². The molecule has 1 aromatic carbocycles. The van der Waals surface area contributed by atoms with Crippen molar-refractivity contribution >= 4 is 15.7 Å². The second kappa shape index (κ2) is 5.67. The Kier molecular flexibility index (Phi) is 4.31. The maximum absolute atomic E-state index is 13.1. The van der Waals surface area contributed by atoms with Crippen LogP contribution in [-0.4, -0.2) is 25.7 Å². The molecule has 1 fully saturated rings. The molecular weight excluding hydrogens is 283 g/mol. The average molecular weight is 302 g/mol. The molecule has 1 aliphatic carbocycles. The van der Waals surface area contributed by atoms with Crippen LogP contribution in [0.1, 0.15) is 32.1 Å². The first kappa shape index (κ1) is 15.2. The van der Waals surface area contributed by atoms with Gasteiger partial charge in [0.2, 0.25) is 10.0 Å². The van der Waals surface area contributed by atoms with Gasteiger partial charge < -0.3 is 10.8 Å². The van der Waals surface area contributed by atoms with Crippen LogP contribution in [0.25, 0.3) is 0 Å². The number of rotatable bonds is 4. The largest absolute Gasteiger partial charge is 0.396 e. The molecule has 20 heavy (non-hydrogen) atoms. The number of hydrogen-bond acceptors (Lipinski definition) is 4. The van der Waals surface area contributed by atoms with Crippen molar-refractivity contribution in [1.82, 2.24) is 4.72 Å². The van der Waals surface area contributed by atoms with E-state index in [1.54, 1.807) is 0 Å². The molecule has 0 aromatic heterocycles. The van der Waals surface area contributed by atoms with Gasteiger partial charge in [-0.3, -0.25) is 0 Å². The summed E-state index contributed by atoms with van der Waals surface area (Å²) in [6.45, 7) is -0.247. The number of benzene rings is 1. The summed E-state index contributed by atoms with van der Waals surface area (Å²) in [4.78, 5) is -0.0881. The van der Waals surface area contributed by atoms with E-state index in [9.17, 15) is 17.9 Å². The Morgan fingerprint density at radius 2 is 1.95 bits per heavy atom. The average Bonchev–Trinajstić information content (AvgIpc) is 2.42. The molecule has 7 heteroatoms. The highest BCUT2D eigenvalue weighted by Gasteiger charge is 2.36. The normalized spacial score (nSPS) is 18.9. The van der Waals surface area contributed by atoms with Crippen LogP contribution in [0, 0.1) is 5.82 Å². The van der Waals surface area contributed by atoms with E-state index in [1.165, 1.54) is 6.07 Å². The monoisotopic (exact) mass is 302 g/mol. The van der Waals surface area contributed by atoms with Crippen LogP contribution in [0.5, 0.6) is 0 Å². The van der Waals surface area contributed by atoms with Gasteiger partial charge >= 0.3 is 0 Å². The van der Waals surface area contributed by atoms with Crippen molar-refractivity contribution in [3.8, 4) is 0 Å². The fraction of sp³-hybridized carbons (Fsp3) is 0.538. The number of hydrogen-bond donors (Lipinski definition) is 3. The molecule has 0 spiro atoms. The lowest BCUT2D eigenvalue weighted by Crippen LogP contribution is -2.52. The van der Waals surface area contributed by atoms with Gasteiger partial charge in [0, 0.05) is 0 Å². The SMILES string of the molecule is Nc1cc(S(=O)(=O)NC2(CO)CCCCC2)ccc1F. The Balaban J connectivity index is 2.27. The molecule has 1 saturated carbocycles. The second-order valence-electron chi connectivity index (χ2n) is 5.29. The van der Waals surface area contributed by atoms with Gasteiger partial charge in [0.25, 0.3) is 0 Å². The highest BCUT2D eigenvalue weighted by molar-refractivity contribution is 7.89. The molecule has 0 radical (unpaired) electrons. The maximum atomic E-state index is 13.1. The van der Waals surface area contributed by atoms with Crippen molar-refractivity contribution in [3.05, 3.63) is 24.0 Å². The summed E-state index contributed by atoms with van der Waals surface area (Å²) in [7, 11) is -3.83. The summed E-state index contributed by atoms with van der Waals surface area (Å²) in [6.07, 6.45) is 3.97. The van der Waals surface area contributed by atoms with Crippen molar-refractivity contribution < 1.29 is 17.9 Å². The molecule has 112 valence electrons. The Morgan fingerprint density at radius 3 is 2.50 bits per heavy atom. The van der Waals surface area contributed by atoms with E-state index in [2.05, 4.69) is 4.72 Å². The number of halogens is 1. The number of nitrogens with two attached hydrogens (primary N) is 1. The Labute approximate surface area is 118 Å². The molecule has 1 aromatic rings. The third-order valence-corrected chi connectivity index (χ3v) is 5.32. The van der Waals surface area contributed by atoms with Crippen LogP contribution >= 0.6 is 0 Å². The van der Waals surface area contributed by atoms with Gasteiger partial charge in [-0.15, -0.1) is 0 Å². The molecule has 2 rings (SSSR count). The van der Waals surface area contributed by atoms with Crippen molar-refractivity contribution in [1.29, 1.82) is 0 Å². The number of aliphatic hydroxyl groups excluding tert-OH is 1. The summed E-state index contributed by atoms with van der Waals surface area (Å²) in [5.74, 6) is -0.654. The van der Waals surface area contributed by atoms with Gasteiger partial charge in [-0.25, -0.2) is 17.5 Å². The zero-order valence-corrected chi connectivity index (χ0v) is 11.9. The Hall–Kier alpha value is -1.18. The third kappa shape index (κ3) is 3.11. The summed E-state index contributed by atoms with van der Waals surface area (Å²) in [5.41, 5.74) is 4.37. The summed E-state index contributed by atoms with van der Waals surface area (Å²) >= 11 is 0. The first-order valence-corrected chi connectivity index (χ1v) is 8.07. The van der Waals surface area contributed by atoms with Gasteiger partial charge in [-0.1, -0.05) is 19.3 Å². The second-order valence-corrected chi connectivity index (χ2v) is 6.97. The fourth-order valence-corrected chi connectivity index (χ4v) is 4.04. The standard InChI is InChI=1S/C13H19FN2O3S/c14-11-5-4-10(8-12(11)15)20(18,19)16-13(9-17)6-2-1-3-7-13/h4-5,8,16-17H,1-3,6-7,9,15H2. The molecule has 4 N–H and O–H groups in total. The van der Waals surface area contributed by atoms with Gasteiger partial charge in [0.05, 0.1) is 22.7 Å². The zero-order valence-electron chi connectivity index (χ0n) is 11.1. The van der Waals surface area contributed by atoms with E-state index in [1.807, 2.05) is 0 Å². The summed E-state index contributed by atoms with van der Waals surface area (Å²) < 4.78 is 40.3. The van der Waals surface area contributed by atoms with Crippen molar-refractivity contribution in [2.45, 2.75) is 42.5 Å². The highest BCUT2D eigenvalue weighted by atomic mass is 32.2. The van der Waals surface area contributed by atoms with Gasteiger partial charge in [0.15, 0.2) is 0 Å². The fourth-order valence-electron chi connectivity index (χ4n) is 2.55. The molecule has 0 unspecified atom stereocenters. The molecule has 0 atom stereocenters. The van der Waals surface area contributed by atoms with Crippen LogP contribution < -0.4 is 10.5 Å². The summed E-state index contributed by atoms with van der Waals surface area (Å²) in [6, 6.07) is 3.28. The molecular formula is C13H19FN2O3S. The maximum Gasteiger partial charge on any atom is 0.241 e. The number of nitrogens with one attached hydrogen (secondary N) is 1. The number of aliphatic hydroxyl groups is 1. The van der Waals surface area contributed by atoms with Crippen molar-refractivity contribution in [2.75, 3.05) is 12.3 Å². The first-order chi connectivity index (χ1) is 9.38.